The molecule has 0 spiro atoms. The van der Waals surface area contributed by atoms with E-state index in [1.807, 2.05) is 53.1 Å². The maximum absolute atomic E-state index is 5.93. The molecule has 0 unspecified atom stereocenters. The van der Waals surface area contributed by atoms with Crippen LogP contribution in [0.4, 0.5) is 17.1 Å². The van der Waals surface area contributed by atoms with Crippen LogP contribution in [0.2, 0.25) is 0 Å². The zero-order valence-electron chi connectivity index (χ0n) is 24.8. The third-order valence-electron chi connectivity index (χ3n) is 7.20. The standard InChI is InChI=1S/C21H27N2.C14H13N.2ClH.Ru/c1-14-9-16(3)20(17(4)10-14)22-7-8-23(13-22)21-18(5)11-15(2)12-19(21)6;1-12-7-5-6-8-13(12)11-15-14-9-3-2-4-10-14;;;/h9-13H,7-8H2,1-6H3;1-10,15H,11H2;2*1H;/q-1;;;;+2/p-2. The van der Waals surface area contributed by atoms with Crippen molar-refractivity contribution < 1.29 is 13.5 Å². The Kier molecular flexibility index (Phi) is 11.1. The summed E-state index contributed by atoms with van der Waals surface area (Å²) in [4.78, 5) is 4.81. The van der Waals surface area contributed by atoms with Gasteiger partial charge in [-0.05, 0) is 63.8 Å². The van der Waals surface area contributed by atoms with E-state index < -0.39 is 13.5 Å². The van der Waals surface area contributed by atoms with Crippen molar-refractivity contribution in [2.75, 3.05) is 28.2 Å². The van der Waals surface area contributed by atoms with Crippen LogP contribution in [0.15, 0.2) is 78.9 Å². The Morgan fingerprint density at radius 2 is 1.17 bits per heavy atom. The Labute approximate surface area is 259 Å². The summed E-state index contributed by atoms with van der Waals surface area (Å²) in [6.07, 6.45) is 0. The molecule has 0 atom stereocenters. The van der Waals surface area contributed by atoms with Gasteiger partial charge in [-0.1, -0.05) is 35.4 Å². The summed E-state index contributed by atoms with van der Waals surface area (Å²) in [7, 11) is 11.9. The first-order valence-corrected chi connectivity index (χ1v) is 19.3. The number of nitrogens with one attached hydrogen (secondary N) is 1. The predicted molar refractivity (Wildman–Crippen MR) is 177 cm³/mol. The fraction of sp³-hybridized carbons (Fsp3) is 0.257. The van der Waals surface area contributed by atoms with Gasteiger partial charge >= 0.3 is 121 Å². The summed E-state index contributed by atoms with van der Waals surface area (Å²) in [5, 5.41) is 3.38. The molecule has 1 aliphatic rings. The van der Waals surface area contributed by atoms with E-state index in [2.05, 4.69) is 93.7 Å². The molecule has 3 nitrogen and oxygen atoms in total. The number of rotatable bonds is 6. The third-order valence-corrected chi connectivity index (χ3v) is 9.04. The van der Waals surface area contributed by atoms with Gasteiger partial charge in [0.15, 0.2) is 0 Å². The molecule has 4 aromatic carbocycles. The summed E-state index contributed by atoms with van der Waals surface area (Å²) >= 11 is -1.77. The van der Waals surface area contributed by atoms with Gasteiger partial charge in [0.25, 0.3) is 0 Å². The van der Waals surface area contributed by atoms with Crippen LogP contribution >= 0.6 is 19.4 Å². The molecule has 1 fully saturated rings. The fourth-order valence-corrected chi connectivity index (χ4v) is 7.60. The molecule has 0 saturated carbocycles. The number of hydrogen-bond donors (Lipinski definition) is 1. The van der Waals surface area contributed by atoms with Crippen molar-refractivity contribution in [2.45, 2.75) is 48.1 Å². The van der Waals surface area contributed by atoms with Gasteiger partial charge in [-0.3, -0.25) is 0 Å². The number of aryl methyl sites for hydroxylation is 6. The molecule has 218 valence electrons. The first-order chi connectivity index (χ1) is 19.6. The molecular weight excluding hydrogens is 634 g/mol. The second kappa shape index (κ2) is 14.5. The minimum atomic E-state index is -1.77. The van der Waals surface area contributed by atoms with E-state index in [0.29, 0.717) is 0 Å². The van der Waals surface area contributed by atoms with Crippen LogP contribution in [0.1, 0.15) is 44.5 Å². The first-order valence-electron chi connectivity index (χ1n) is 13.9. The molecule has 0 radical (unpaired) electrons. The van der Waals surface area contributed by atoms with Gasteiger partial charge in [-0.2, -0.15) is 6.67 Å². The molecule has 5 rings (SSSR count). The monoisotopic (exact) mass is 674 g/mol. The van der Waals surface area contributed by atoms with Crippen LogP contribution in [0, 0.1) is 48.2 Å². The van der Waals surface area contributed by atoms with E-state index >= 15 is 0 Å². The Hall–Kier alpha value is -2.65. The first kappa shape index (κ1) is 31.3. The normalized spacial score (nSPS) is 13.0. The number of benzene rings is 4. The second-order valence-corrected chi connectivity index (χ2v) is 16.4. The maximum atomic E-state index is 5.93. The van der Waals surface area contributed by atoms with Crippen molar-refractivity contribution in [3.63, 3.8) is 0 Å². The zero-order chi connectivity index (χ0) is 29.5. The average Bonchev–Trinajstić information content (AvgIpc) is 3.36. The predicted octanol–water partition coefficient (Wildman–Crippen LogP) is 9.36. The zero-order valence-corrected chi connectivity index (χ0v) is 28.0. The van der Waals surface area contributed by atoms with Gasteiger partial charge in [0.1, 0.15) is 0 Å². The van der Waals surface area contributed by atoms with Gasteiger partial charge in [-0.25, -0.2) is 0 Å². The van der Waals surface area contributed by atoms with Crippen LogP contribution in [0.25, 0.3) is 0 Å². The van der Waals surface area contributed by atoms with Gasteiger partial charge in [-0.15, -0.1) is 0 Å². The van der Waals surface area contributed by atoms with Gasteiger partial charge in [0.2, 0.25) is 0 Å². The van der Waals surface area contributed by atoms with Crippen molar-refractivity contribution in [3.8, 4) is 0 Å². The summed E-state index contributed by atoms with van der Waals surface area (Å²) in [6, 6.07) is 27.4. The van der Waals surface area contributed by atoms with E-state index in [1.165, 1.54) is 50.3 Å². The second-order valence-electron chi connectivity index (χ2n) is 10.7. The summed E-state index contributed by atoms with van der Waals surface area (Å²) in [6.45, 7) is 18.3. The van der Waals surface area contributed by atoms with Crippen molar-refractivity contribution in [2.24, 2.45) is 0 Å². The van der Waals surface area contributed by atoms with Crippen molar-refractivity contribution >= 4 is 41.1 Å². The SMILES string of the molecule is Cc1cc(C)c(N2[CH-]N(c3c(C)cc(C)cc3C)CC2)c(C)c1.[Cl][Ru]([Cl])=[CH]c1ccccc1CNc1ccccc1. The molecule has 0 bridgehead atoms. The Bertz CT molecular complexity index is 1400. The summed E-state index contributed by atoms with van der Waals surface area (Å²) in [5.41, 5.74) is 14.3. The van der Waals surface area contributed by atoms with E-state index in [1.54, 1.807) is 0 Å². The summed E-state index contributed by atoms with van der Waals surface area (Å²) in [5.74, 6) is 0. The van der Waals surface area contributed by atoms with Crippen LogP contribution < -0.4 is 15.1 Å². The molecular formula is C35H40Cl2N3Ru-. The molecule has 1 heterocycles. The molecule has 1 aliphatic heterocycles. The Morgan fingerprint density at radius 3 is 1.66 bits per heavy atom. The van der Waals surface area contributed by atoms with Gasteiger partial charge in [0, 0.05) is 24.5 Å². The van der Waals surface area contributed by atoms with Crippen LogP contribution in [0.5, 0.6) is 0 Å². The molecule has 1 N–H and O–H groups in total. The Morgan fingerprint density at radius 1 is 0.707 bits per heavy atom. The molecule has 1 saturated heterocycles. The van der Waals surface area contributed by atoms with Gasteiger partial charge < -0.3 is 9.80 Å². The minimum absolute atomic E-state index is 0.770. The van der Waals surface area contributed by atoms with Crippen LogP contribution in [-0.2, 0) is 20.1 Å². The average molecular weight is 675 g/mol. The van der Waals surface area contributed by atoms with Crippen molar-refractivity contribution in [1.82, 2.24) is 0 Å². The third kappa shape index (κ3) is 8.44. The Balaban J connectivity index is 0.000000195. The van der Waals surface area contributed by atoms with Crippen LogP contribution in [0.3, 0.4) is 0 Å². The van der Waals surface area contributed by atoms with E-state index in [-0.39, 0.29) is 0 Å². The van der Waals surface area contributed by atoms with Crippen molar-refractivity contribution in [1.29, 1.82) is 0 Å². The molecule has 4 aromatic rings. The molecule has 0 amide bonds. The van der Waals surface area contributed by atoms with Crippen LogP contribution in [-0.4, -0.2) is 17.7 Å². The number of nitrogens with zero attached hydrogens (tertiary/aromatic N) is 2. The number of halogens is 2. The molecule has 0 aliphatic carbocycles. The van der Waals surface area contributed by atoms with Gasteiger partial charge in [0.05, 0.1) is 0 Å². The topological polar surface area (TPSA) is 18.5 Å². The molecule has 6 heteroatoms. The number of hydrogen-bond acceptors (Lipinski definition) is 3. The van der Waals surface area contributed by atoms with Crippen molar-refractivity contribution in [3.05, 3.63) is 130 Å². The number of anilines is 3. The molecule has 41 heavy (non-hydrogen) atoms. The number of para-hydroxylation sites is 1. The van der Waals surface area contributed by atoms with E-state index in [9.17, 15) is 0 Å². The molecule has 0 aromatic heterocycles. The quantitative estimate of drug-likeness (QED) is 0.163. The summed E-state index contributed by atoms with van der Waals surface area (Å²) < 4.78 is 1.98. The van der Waals surface area contributed by atoms with E-state index in [0.717, 1.165) is 30.9 Å². The van der Waals surface area contributed by atoms with E-state index in [4.69, 9.17) is 19.4 Å². The fourth-order valence-electron chi connectivity index (χ4n) is 5.72.